The lowest BCUT2D eigenvalue weighted by Crippen LogP contribution is -2.49. The molecule has 2 aliphatic heterocycles. The minimum absolute atomic E-state index is 0. The van der Waals surface area contributed by atoms with Crippen LogP contribution in [-0.2, 0) is 21.3 Å². The van der Waals surface area contributed by atoms with E-state index in [-0.39, 0.29) is 30.4 Å². The van der Waals surface area contributed by atoms with Crippen LogP contribution in [0.5, 0.6) is 11.6 Å². The van der Waals surface area contributed by atoms with Gasteiger partial charge >= 0.3 is 6.03 Å². The number of nitrogens with one attached hydrogen (secondary N) is 2. The number of amides is 3. The van der Waals surface area contributed by atoms with Gasteiger partial charge in [0.2, 0.25) is 15.9 Å². The predicted octanol–water partition coefficient (Wildman–Crippen LogP) is 6.50. The van der Waals surface area contributed by atoms with Gasteiger partial charge in [0.05, 0.1) is 30.1 Å². The van der Waals surface area contributed by atoms with Gasteiger partial charge in [0.1, 0.15) is 5.75 Å². The number of likely N-dealkylation sites (tertiary alicyclic amines) is 1. The van der Waals surface area contributed by atoms with Gasteiger partial charge in [-0.3, -0.25) is 19.3 Å². The summed E-state index contributed by atoms with van der Waals surface area (Å²) < 4.78 is 36.5. The zero-order valence-corrected chi connectivity index (χ0v) is 30.4. The number of para-hydroxylation sites is 1. The maximum absolute atomic E-state index is 13.9. The number of halogens is 2. The zero-order valence-electron chi connectivity index (χ0n) is 28.0. The minimum Gasteiger partial charge on any atom is -0.439 e. The molecule has 0 spiro atoms. The molecule has 270 valence electrons. The number of ether oxygens (including phenoxy) is 2. The number of urea groups is 1. The van der Waals surface area contributed by atoms with E-state index in [1.165, 1.54) is 0 Å². The van der Waals surface area contributed by atoms with Crippen molar-refractivity contribution in [2.24, 2.45) is 0 Å². The van der Waals surface area contributed by atoms with Crippen molar-refractivity contribution < 1.29 is 27.5 Å². The number of benzene rings is 3. The van der Waals surface area contributed by atoms with Crippen molar-refractivity contribution in [1.29, 1.82) is 0 Å². The van der Waals surface area contributed by atoms with Crippen molar-refractivity contribution in [3.8, 4) is 11.6 Å². The third-order valence-electron chi connectivity index (χ3n) is 8.51. The highest BCUT2D eigenvalue weighted by atomic mass is 35.5. The Morgan fingerprint density at radius 3 is 2.27 bits per heavy atom. The second kappa shape index (κ2) is 17.2. The fourth-order valence-electron chi connectivity index (χ4n) is 6.05. The second-order valence-electron chi connectivity index (χ2n) is 12.2. The van der Waals surface area contributed by atoms with Crippen molar-refractivity contribution >= 4 is 63.0 Å². The third kappa shape index (κ3) is 10.3. The average Bonchev–Trinajstić information content (AvgIpc) is 3.11. The lowest BCUT2D eigenvalue weighted by Gasteiger charge is -2.38. The Kier molecular flexibility index (Phi) is 12.8. The topological polar surface area (TPSA) is 133 Å². The minimum atomic E-state index is -3.35. The molecule has 12 nitrogen and oxygen atoms in total. The summed E-state index contributed by atoms with van der Waals surface area (Å²) in [5.41, 5.74) is 3.12. The van der Waals surface area contributed by atoms with Crippen LogP contribution in [0.15, 0.2) is 91.1 Å². The Labute approximate surface area is 309 Å². The Bertz CT molecular complexity index is 1890. The molecule has 15 heteroatoms. The number of morpholine rings is 1. The molecule has 0 saturated carbocycles. The van der Waals surface area contributed by atoms with Gasteiger partial charge in [-0.25, -0.2) is 18.2 Å². The molecule has 4 aromatic rings. The molecule has 51 heavy (non-hydrogen) atoms. The Hall–Kier alpha value is -4.40. The number of pyridine rings is 1. The van der Waals surface area contributed by atoms with E-state index >= 15 is 0 Å². The van der Waals surface area contributed by atoms with E-state index in [9.17, 15) is 18.0 Å². The molecule has 6 rings (SSSR count). The van der Waals surface area contributed by atoms with Crippen LogP contribution in [0.4, 0.5) is 21.9 Å². The highest BCUT2D eigenvalue weighted by molar-refractivity contribution is 7.92. The molecule has 2 saturated heterocycles. The van der Waals surface area contributed by atoms with Crippen LogP contribution in [0.25, 0.3) is 0 Å². The van der Waals surface area contributed by atoms with Gasteiger partial charge in [-0.05, 0) is 73.0 Å². The monoisotopic (exact) mass is 754 g/mol. The third-order valence-corrected chi connectivity index (χ3v) is 9.44. The first-order chi connectivity index (χ1) is 24.1. The van der Waals surface area contributed by atoms with Crippen LogP contribution in [0.1, 0.15) is 28.8 Å². The summed E-state index contributed by atoms with van der Waals surface area (Å²) >= 11 is 6.43. The maximum atomic E-state index is 13.9. The molecule has 0 aliphatic carbocycles. The number of aromatic nitrogens is 1. The number of sulfonamides is 1. The van der Waals surface area contributed by atoms with Crippen molar-refractivity contribution in [2.45, 2.75) is 25.4 Å². The van der Waals surface area contributed by atoms with E-state index in [4.69, 9.17) is 21.1 Å². The first kappa shape index (κ1) is 37.8. The second-order valence-corrected chi connectivity index (χ2v) is 14.4. The molecule has 3 amide bonds. The summed E-state index contributed by atoms with van der Waals surface area (Å²) in [6, 6.07) is 24.7. The number of hydrogen-bond acceptors (Lipinski definition) is 8. The highest BCUT2D eigenvalue weighted by Crippen LogP contribution is 2.28. The number of carbonyl (C=O) groups excluding carboxylic acids is 2. The molecule has 0 atom stereocenters. The van der Waals surface area contributed by atoms with Crippen LogP contribution in [-0.4, -0.2) is 86.8 Å². The highest BCUT2D eigenvalue weighted by Gasteiger charge is 2.30. The zero-order chi connectivity index (χ0) is 35.1. The molecule has 2 N–H and O–H groups in total. The first-order valence-corrected chi connectivity index (χ1v) is 18.6. The van der Waals surface area contributed by atoms with E-state index in [0.717, 1.165) is 43.4 Å². The molecular formula is C36H40Cl2N6O6S. The molecule has 0 bridgehead atoms. The van der Waals surface area contributed by atoms with Crippen molar-refractivity contribution in [3.63, 3.8) is 0 Å². The number of hydrogen-bond donors (Lipinski definition) is 2. The van der Waals surface area contributed by atoms with Gasteiger partial charge in [0.15, 0.2) is 0 Å². The van der Waals surface area contributed by atoms with Crippen LogP contribution in [0, 0.1) is 0 Å². The van der Waals surface area contributed by atoms with Crippen molar-refractivity contribution in [2.75, 3.05) is 60.6 Å². The van der Waals surface area contributed by atoms with E-state index in [1.807, 2.05) is 47.4 Å². The van der Waals surface area contributed by atoms with E-state index < -0.39 is 10.0 Å². The van der Waals surface area contributed by atoms with Crippen molar-refractivity contribution in [1.82, 2.24) is 14.8 Å². The van der Waals surface area contributed by atoms with Crippen molar-refractivity contribution in [3.05, 3.63) is 107 Å². The van der Waals surface area contributed by atoms with Crippen LogP contribution >= 0.6 is 24.0 Å². The Balaban J connectivity index is 0.00000504. The fraction of sp³-hybridized carbons (Fsp3) is 0.306. The van der Waals surface area contributed by atoms with Crippen LogP contribution in [0.3, 0.4) is 0 Å². The van der Waals surface area contributed by atoms with Gasteiger partial charge in [0.25, 0.3) is 5.91 Å². The Morgan fingerprint density at radius 2 is 1.63 bits per heavy atom. The van der Waals surface area contributed by atoms with Gasteiger partial charge in [-0.15, -0.1) is 12.4 Å². The summed E-state index contributed by atoms with van der Waals surface area (Å²) in [6.07, 6.45) is 4.42. The maximum Gasteiger partial charge on any atom is 0.326 e. The summed E-state index contributed by atoms with van der Waals surface area (Å²) in [5.74, 6) is 0.783. The normalized spacial score (nSPS) is 15.4. The first-order valence-electron chi connectivity index (χ1n) is 16.4. The fourth-order valence-corrected chi connectivity index (χ4v) is 6.82. The molecule has 3 heterocycles. The van der Waals surface area contributed by atoms with Gasteiger partial charge in [-0.2, -0.15) is 0 Å². The average molecular weight is 756 g/mol. The summed E-state index contributed by atoms with van der Waals surface area (Å²) in [6.45, 7) is 4.22. The lowest BCUT2D eigenvalue weighted by molar-refractivity contribution is 0.0303. The van der Waals surface area contributed by atoms with Crippen LogP contribution in [0.2, 0.25) is 5.02 Å². The van der Waals surface area contributed by atoms with Crippen LogP contribution < -0.4 is 19.7 Å². The number of nitrogens with zero attached hydrogens (tertiary/aromatic N) is 4. The van der Waals surface area contributed by atoms with E-state index in [1.54, 1.807) is 53.6 Å². The standard InChI is InChI=1S/C36H39ClN6O6S.ClH/c1-50(46,47)40-27-8-11-31(12-9-27)49-34-14-7-26(24-38-34)25-41-17-15-30(16-18-41)43(29-5-3-2-4-6-29)36(45)39-28-10-13-33(37)32(23-28)35(44)42-19-21-48-22-20-42;/h2-14,23-24,30,40H,15-22,25H2,1H3,(H,39,45);1H. The molecular weight excluding hydrogens is 715 g/mol. The SMILES string of the molecule is CS(=O)(=O)Nc1ccc(Oc2ccc(CN3CCC(N(C(=O)Nc4ccc(Cl)c(C(=O)N5CCOCC5)c4)c4ccccc4)CC3)cn2)cc1.Cl. The van der Waals surface area contributed by atoms with Gasteiger partial charge in [0, 0.05) is 68.1 Å². The summed E-state index contributed by atoms with van der Waals surface area (Å²) in [5, 5.41) is 3.35. The molecule has 3 aromatic carbocycles. The molecule has 2 fully saturated rings. The van der Waals surface area contributed by atoms with E-state index in [0.29, 0.717) is 66.4 Å². The van der Waals surface area contributed by atoms with E-state index in [2.05, 4.69) is 19.9 Å². The van der Waals surface area contributed by atoms with Gasteiger partial charge < -0.3 is 19.7 Å². The lowest BCUT2D eigenvalue weighted by atomic mass is 10.0. The molecule has 0 unspecified atom stereocenters. The number of carbonyl (C=O) groups is 2. The summed E-state index contributed by atoms with van der Waals surface area (Å²) in [7, 11) is -3.35. The molecule has 2 aliphatic rings. The smallest absolute Gasteiger partial charge is 0.326 e. The number of piperidine rings is 1. The van der Waals surface area contributed by atoms with Gasteiger partial charge in [-0.1, -0.05) is 35.9 Å². The largest absolute Gasteiger partial charge is 0.439 e. The number of anilines is 3. The Morgan fingerprint density at radius 1 is 0.941 bits per heavy atom. The number of rotatable bonds is 10. The summed E-state index contributed by atoms with van der Waals surface area (Å²) in [4.78, 5) is 37.4. The molecule has 1 aromatic heterocycles. The quantitative estimate of drug-likeness (QED) is 0.188. The molecule has 0 radical (unpaired) electrons. The predicted molar refractivity (Wildman–Crippen MR) is 201 cm³/mol.